The van der Waals surface area contributed by atoms with E-state index in [1.54, 1.807) is 46.2 Å². The number of hydrogen-bond donors (Lipinski definition) is 4. The first kappa shape index (κ1) is 26.8. The number of allylic oxidation sites excluding steroid dienone is 3. The maximum atomic E-state index is 12.8. The molecule has 0 saturated carbocycles. The van der Waals surface area contributed by atoms with Gasteiger partial charge in [0, 0.05) is 25.0 Å². The third-order valence-electron chi connectivity index (χ3n) is 4.03. The van der Waals surface area contributed by atoms with Crippen molar-refractivity contribution < 1.29 is 27.4 Å². The number of rotatable bonds is 12. The highest BCUT2D eigenvalue weighted by molar-refractivity contribution is 6.11. The topological polar surface area (TPSA) is 95.5 Å². The van der Waals surface area contributed by atoms with Crippen LogP contribution in [0.2, 0.25) is 0 Å². The van der Waals surface area contributed by atoms with Crippen molar-refractivity contribution in [2.24, 2.45) is 0 Å². The quantitative estimate of drug-likeness (QED) is 0.215. The van der Waals surface area contributed by atoms with E-state index in [1.165, 1.54) is 24.3 Å². The van der Waals surface area contributed by atoms with Crippen molar-refractivity contribution in [2.45, 2.75) is 39.8 Å². The van der Waals surface area contributed by atoms with Gasteiger partial charge in [-0.2, -0.15) is 0 Å². The lowest BCUT2D eigenvalue weighted by atomic mass is 10.2. The molecule has 0 aliphatic carbocycles. The zero-order valence-corrected chi connectivity index (χ0v) is 18.5. The molecule has 1 rings (SSSR count). The Morgan fingerprint density at radius 2 is 1.97 bits per heavy atom. The Morgan fingerprint density at radius 3 is 2.53 bits per heavy atom. The third kappa shape index (κ3) is 9.69. The van der Waals surface area contributed by atoms with Gasteiger partial charge in [-0.05, 0) is 50.7 Å². The van der Waals surface area contributed by atoms with Crippen LogP contribution in [0.1, 0.15) is 26.3 Å². The van der Waals surface area contributed by atoms with Gasteiger partial charge in [0.05, 0.1) is 24.5 Å². The first-order chi connectivity index (χ1) is 15.1. The van der Waals surface area contributed by atoms with Crippen LogP contribution in [-0.4, -0.2) is 38.2 Å². The fourth-order valence-electron chi connectivity index (χ4n) is 2.50. The molecule has 1 aromatic rings. The molecule has 0 radical (unpaired) electrons. The van der Waals surface area contributed by atoms with Gasteiger partial charge in [-0.25, -0.2) is 0 Å². The fourth-order valence-corrected chi connectivity index (χ4v) is 2.50. The van der Waals surface area contributed by atoms with Gasteiger partial charge in [0.1, 0.15) is 0 Å². The van der Waals surface area contributed by atoms with E-state index in [4.69, 9.17) is 10.1 Å². The smallest absolute Gasteiger partial charge is 0.404 e. The average molecular weight is 454 g/mol. The summed E-state index contributed by atoms with van der Waals surface area (Å²) in [6.07, 6.45) is 2.66. The van der Waals surface area contributed by atoms with Gasteiger partial charge in [0.25, 0.3) is 5.91 Å². The summed E-state index contributed by atoms with van der Waals surface area (Å²) in [5.74, 6) is -0.753. The van der Waals surface area contributed by atoms with E-state index in [2.05, 4.69) is 20.7 Å². The number of anilines is 1. The Kier molecular flexibility index (Phi) is 11.0. The van der Waals surface area contributed by atoms with Crippen molar-refractivity contribution in [3.05, 3.63) is 59.5 Å². The third-order valence-corrected chi connectivity index (χ3v) is 4.03. The second kappa shape index (κ2) is 13.2. The van der Waals surface area contributed by atoms with Crippen LogP contribution in [0.15, 0.2) is 53.9 Å². The van der Waals surface area contributed by atoms with Crippen LogP contribution in [0.5, 0.6) is 5.75 Å². The molecule has 4 N–H and O–H groups in total. The summed E-state index contributed by atoms with van der Waals surface area (Å²) in [5.41, 5.74) is 1.54. The Morgan fingerprint density at radius 1 is 1.25 bits per heavy atom. The molecule has 1 atom stereocenters. The number of alkyl halides is 3. The van der Waals surface area contributed by atoms with Crippen molar-refractivity contribution in [1.82, 2.24) is 10.6 Å². The number of hydrogen-bond acceptors (Lipinski definition) is 6. The summed E-state index contributed by atoms with van der Waals surface area (Å²) in [7, 11) is 1.70. The highest BCUT2D eigenvalue weighted by Crippen LogP contribution is 2.32. The minimum absolute atomic E-state index is 0.111. The van der Waals surface area contributed by atoms with Crippen LogP contribution in [0.4, 0.5) is 18.9 Å². The number of nitrogens with one attached hydrogen (secondary N) is 4. The molecule has 10 heteroatoms. The molecule has 0 heterocycles. The van der Waals surface area contributed by atoms with Gasteiger partial charge in [-0.3, -0.25) is 4.79 Å². The molecule has 0 fully saturated rings. The van der Waals surface area contributed by atoms with E-state index < -0.39 is 6.36 Å². The monoisotopic (exact) mass is 454 g/mol. The Bertz CT molecular complexity index is 864. The lowest BCUT2D eigenvalue weighted by Crippen LogP contribution is -2.37. The van der Waals surface area contributed by atoms with Crippen LogP contribution in [0.25, 0.3) is 0 Å². The van der Waals surface area contributed by atoms with Crippen LogP contribution in [0.3, 0.4) is 0 Å². The first-order valence-electron chi connectivity index (χ1n) is 9.84. The minimum atomic E-state index is -4.83. The maximum absolute atomic E-state index is 12.8. The van der Waals surface area contributed by atoms with Gasteiger partial charge >= 0.3 is 6.36 Å². The molecule has 7 nitrogen and oxygen atoms in total. The highest BCUT2D eigenvalue weighted by atomic mass is 19.4. The van der Waals surface area contributed by atoms with Gasteiger partial charge in [0.2, 0.25) is 0 Å². The molecule has 1 aromatic carbocycles. The van der Waals surface area contributed by atoms with Crippen LogP contribution in [-0.2, 0) is 16.1 Å². The minimum Gasteiger partial charge on any atom is -0.404 e. The summed E-state index contributed by atoms with van der Waals surface area (Å²) < 4.78 is 48.1. The van der Waals surface area contributed by atoms with Gasteiger partial charge in [-0.15, -0.1) is 13.2 Å². The largest absolute Gasteiger partial charge is 0.573 e. The fraction of sp³-hybridized carbons (Fsp3) is 0.364. The average Bonchev–Trinajstić information content (AvgIpc) is 2.72. The molecule has 0 aliphatic rings. The van der Waals surface area contributed by atoms with E-state index in [-0.39, 0.29) is 42.2 Å². The lowest BCUT2D eigenvalue weighted by molar-refractivity contribution is -0.274. The van der Waals surface area contributed by atoms with Crippen molar-refractivity contribution >= 4 is 17.8 Å². The van der Waals surface area contributed by atoms with Gasteiger partial charge in [-0.1, -0.05) is 18.2 Å². The molecule has 1 amide bonds. The Balaban J connectivity index is 2.87. The summed E-state index contributed by atoms with van der Waals surface area (Å²) in [4.78, 5) is 11.9. The van der Waals surface area contributed by atoms with Crippen molar-refractivity contribution in [3.63, 3.8) is 0 Å². The SMILES string of the molecule is CC=C(C=N)C(=O)NC(C)COCc1ccc(OC(F)(F)F)c(N/C(C=CNC)=C/C)c1. The van der Waals surface area contributed by atoms with E-state index >= 15 is 0 Å². The zero-order chi connectivity index (χ0) is 24.1. The van der Waals surface area contributed by atoms with Crippen molar-refractivity contribution in [2.75, 3.05) is 19.0 Å². The molecule has 0 aromatic heterocycles. The number of carbonyl (C=O) groups excluding carboxylic acids is 1. The molecular weight excluding hydrogens is 425 g/mol. The molecule has 176 valence electrons. The van der Waals surface area contributed by atoms with E-state index in [9.17, 15) is 18.0 Å². The molecule has 0 aliphatic heterocycles. The standard InChI is InChI=1S/C22H29F3N4O3/c1-5-17(12-26)21(30)28-15(3)13-31-14-16-7-8-20(32-22(23,24)25)19(11-16)29-18(6-2)9-10-27-4/h5-12,15,26-27,29H,13-14H2,1-4H3,(H,28,30)/b10-9?,17-5?,18-6+,26-12?. The van der Waals surface area contributed by atoms with Gasteiger partial charge < -0.3 is 30.8 Å². The Labute approximate surface area is 185 Å². The molecular formula is C22H29F3N4O3. The summed E-state index contributed by atoms with van der Waals surface area (Å²) in [5, 5.41) is 15.6. The predicted molar refractivity (Wildman–Crippen MR) is 119 cm³/mol. The lowest BCUT2D eigenvalue weighted by Gasteiger charge is -2.17. The van der Waals surface area contributed by atoms with Crippen LogP contribution < -0.4 is 20.7 Å². The summed E-state index contributed by atoms with van der Waals surface area (Å²) in [6.45, 7) is 5.43. The second-order valence-electron chi connectivity index (χ2n) is 6.65. The molecule has 0 bridgehead atoms. The van der Waals surface area contributed by atoms with Crippen molar-refractivity contribution in [3.8, 4) is 5.75 Å². The van der Waals surface area contributed by atoms with Crippen LogP contribution in [0, 0.1) is 5.41 Å². The van der Waals surface area contributed by atoms with Gasteiger partial charge in [0.15, 0.2) is 5.75 Å². The normalized spacial score (nSPS) is 13.6. The number of amides is 1. The van der Waals surface area contributed by atoms with E-state index in [0.717, 1.165) is 6.21 Å². The number of carbonyl (C=O) groups is 1. The Hall–Kier alpha value is -3.27. The maximum Gasteiger partial charge on any atom is 0.573 e. The predicted octanol–water partition coefficient (Wildman–Crippen LogP) is 4.25. The van der Waals surface area contributed by atoms with Crippen molar-refractivity contribution in [1.29, 1.82) is 5.41 Å². The van der Waals surface area contributed by atoms with E-state index in [0.29, 0.717) is 11.3 Å². The molecule has 0 spiro atoms. The molecule has 1 unspecified atom stereocenters. The number of ether oxygens (including phenoxy) is 2. The number of halogens is 3. The van der Waals surface area contributed by atoms with E-state index in [1.807, 2.05) is 0 Å². The highest BCUT2D eigenvalue weighted by Gasteiger charge is 2.32. The van der Waals surface area contributed by atoms with Crippen LogP contribution >= 0.6 is 0 Å². The number of benzene rings is 1. The molecule has 32 heavy (non-hydrogen) atoms. The first-order valence-corrected chi connectivity index (χ1v) is 9.84. The summed E-state index contributed by atoms with van der Waals surface area (Å²) >= 11 is 0. The zero-order valence-electron chi connectivity index (χ0n) is 18.5. The second-order valence-corrected chi connectivity index (χ2v) is 6.65. The molecule has 0 saturated heterocycles. The summed E-state index contributed by atoms with van der Waals surface area (Å²) in [6, 6.07) is 3.87.